The van der Waals surface area contributed by atoms with Crippen molar-refractivity contribution in [3.05, 3.63) is 63.7 Å². The second kappa shape index (κ2) is 13.5. The van der Waals surface area contributed by atoms with Crippen molar-refractivity contribution in [3.63, 3.8) is 0 Å². The van der Waals surface area contributed by atoms with E-state index in [0.29, 0.717) is 50.9 Å². The first-order valence-corrected chi connectivity index (χ1v) is 17.1. The fraction of sp³-hybridized carbons (Fsp3) is 0.500. The van der Waals surface area contributed by atoms with Crippen molar-refractivity contribution in [2.24, 2.45) is 5.92 Å². The molecule has 1 aromatic heterocycles. The molecule has 1 aliphatic carbocycles. The van der Waals surface area contributed by atoms with Crippen LogP contribution in [0, 0.1) is 11.7 Å². The maximum Gasteiger partial charge on any atom is 0.306 e. The summed E-state index contributed by atoms with van der Waals surface area (Å²) in [5.74, 6) is -3.85. The highest BCUT2D eigenvalue weighted by atomic mass is 35.5. The number of anilines is 1. The van der Waals surface area contributed by atoms with E-state index in [1.54, 1.807) is 5.38 Å². The number of Topliss-reactive ketones (excluding diaryl/α,β-unsaturated/α-hetero) is 1. The van der Waals surface area contributed by atoms with Crippen LogP contribution in [0.2, 0.25) is 5.02 Å². The number of carboxylic acid groups (broad SMARTS) is 1. The lowest BCUT2D eigenvalue weighted by atomic mass is 9.87. The Morgan fingerprint density at radius 1 is 1.07 bits per heavy atom. The zero-order valence-electron chi connectivity index (χ0n) is 25.4. The van der Waals surface area contributed by atoms with Gasteiger partial charge in [-0.05, 0) is 82.1 Å². The van der Waals surface area contributed by atoms with E-state index in [9.17, 15) is 19.5 Å². The molecule has 2 saturated heterocycles. The number of halogens is 2. The van der Waals surface area contributed by atoms with E-state index < -0.39 is 23.6 Å². The quantitative estimate of drug-likeness (QED) is 0.244. The summed E-state index contributed by atoms with van der Waals surface area (Å²) >= 11 is 8.06. The van der Waals surface area contributed by atoms with Gasteiger partial charge in [-0.1, -0.05) is 29.8 Å². The van der Waals surface area contributed by atoms with Gasteiger partial charge < -0.3 is 15.2 Å². The van der Waals surface area contributed by atoms with Crippen LogP contribution in [0.3, 0.4) is 0 Å². The van der Waals surface area contributed by atoms with Gasteiger partial charge >= 0.3 is 5.97 Å². The number of benzene rings is 2. The van der Waals surface area contributed by atoms with Gasteiger partial charge in [-0.2, -0.15) is 0 Å². The monoisotopic (exact) mass is 655 g/mol. The van der Waals surface area contributed by atoms with Crippen molar-refractivity contribution >= 4 is 56.4 Å². The SMILES string of the molecule is C[C@H]1CCCN1C(OC1CCC(C(=O)O)CC1)(C(=O)Cc1cc(Cl)c(NC(=O)c2csc3ccccc23)cc1F)N1CCCC1. The Morgan fingerprint density at radius 3 is 2.49 bits per heavy atom. The van der Waals surface area contributed by atoms with E-state index in [0.717, 1.165) is 35.8 Å². The summed E-state index contributed by atoms with van der Waals surface area (Å²) in [6, 6.07) is 10.3. The largest absolute Gasteiger partial charge is 0.481 e. The summed E-state index contributed by atoms with van der Waals surface area (Å²) in [4.78, 5) is 43.6. The number of nitrogens with one attached hydrogen (secondary N) is 1. The Balaban J connectivity index is 1.27. The lowest BCUT2D eigenvalue weighted by molar-refractivity contribution is -0.258. The summed E-state index contributed by atoms with van der Waals surface area (Å²) in [6.45, 7) is 4.15. The third-order valence-electron chi connectivity index (χ3n) is 9.66. The van der Waals surface area contributed by atoms with Crippen LogP contribution < -0.4 is 5.32 Å². The smallest absolute Gasteiger partial charge is 0.306 e. The van der Waals surface area contributed by atoms with Crippen LogP contribution in [0.5, 0.6) is 0 Å². The number of fused-ring (bicyclic) bond motifs is 1. The first-order chi connectivity index (χ1) is 21.7. The van der Waals surface area contributed by atoms with Crippen LogP contribution in [0.25, 0.3) is 10.1 Å². The van der Waals surface area contributed by atoms with Gasteiger partial charge in [0.15, 0.2) is 5.78 Å². The van der Waals surface area contributed by atoms with Gasteiger partial charge in [0, 0.05) is 47.6 Å². The van der Waals surface area contributed by atoms with Gasteiger partial charge in [-0.3, -0.25) is 24.2 Å². The van der Waals surface area contributed by atoms with Crippen LogP contribution in [0.4, 0.5) is 10.1 Å². The Hall–Kier alpha value is -2.89. The Bertz CT molecular complexity index is 1590. The van der Waals surface area contributed by atoms with Gasteiger partial charge in [0.1, 0.15) is 5.82 Å². The van der Waals surface area contributed by atoms with Crippen LogP contribution in [0.1, 0.15) is 74.2 Å². The molecule has 3 heterocycles. The standard InChI is InChI=1S/C34H39ClFN3O5S/c1-21-7-6-16-39(21)34(38-14-4-5-15-38,44-24-12-10-22(11-13-24)33(42)43)31(40)18-23-17-27(35)29(19-28(23)36)37-32(41)26-20-45-30-9-3-2-8-25(26)30/h2-3,8-9,17,19-22,24H,4-7,10-16,18H2,1H3,(H,37,41)(H,42,43)/t21-,22?,24?,34?/m0/s1. The molecule has 2 aromatic carbocycles. The molecule has 6 rings (SSSR count). The first-order valence-electron chi connectivity index (χ1n) is 15.9. The highest BCUT2D eigenvalue weighted by Gasteiger charge is 2.54. The predicted molar refractivity (Wildman–Crippen MR) is 173 cm³/mol. The zero-order chi connectivity index (χ0) is 31.7. The Labute approximate surface area is 271 Å². The number of ether oxygens (including phenoxy) is 1. The molecule has 45 heavy (non-hydrogen) atoms. The van der Waals surface area contributed by atoms with Crippen molar-refractivity contribution in [3.8, 4) is 0 Å². The Kier molecular flexibility index (Phi) is 9.59. The van der Waals surface area contributed by atoms with Crippen LogP contribution in [-0.4, -0.2) is 70.2 Å². The average molecular weight is 656 g/mol. The molecule has 0 bridgehead atoms. The number of hydrogen-bond donors (Lipinski definition) is 2. The molecule has 1 saturated carbocycles. The molecule has 0 spiro atoms. The molecule has 240 valence electrons. The molecule has 8 nitrogen and oxygen atoms in total. The summed E-state index contributed by atoms with van der Waals surface area (Å²) in [7, 11) is 0. The second-order valence-electron chi connectivity index (χ2n) is 12.5. The number of aliphatic carboxylic acids is 1. The number of nitrogens with zero attached hydrogens (tertiary/aromatic N) is 2. The number of carbonyl (C=O) groups is 3. The number of rotatable bonds is 10. The van der Waals surface area contributed by atoms with Gasteiger partial charge in [0.25, 0.3) is 5.91 Å². The number of carboxylic acids is 1. The van der Waals surface area contributed by atoms with Gasteiger partial charge in [-0.15, -0.1) is 11.3 Å². The summed E-state index contributed by atoms with van der Waals surface area (Å²) in [5.41, 5.74) is 0.754. The lowest BCUT2D eigenvalue weighted by Gasteiger charge is -2.50. The zero-order valence-corrected chi connectivity index (χ0v) is 27.0. The minimum Gasteiger partial charge on any atom is -0.481 e. The van der Waals surface area contributed by atoms with Crippen molar-refractivity contribution in [2.45, 2.75) is 82.7 Å². The predicted octanol–water partition coefficient (Wildman–Crippen LogP) is 6.95. The summed E-state index contributed by atoms with van der Waals surface area (Å²) in [6.07, 6.45) is 5.29. The van der Waals surface area contributed by atoms with Gasteiger partial charge in [0.05, 0.1) is 28.3 Å². The number of carbonyl (C=O) groups excluding carboxylic acids is 2. The highest BCUT2D eigenvalue weighted by Crippen LogP contribution is 2.40. The Morgan fingerprint density at radius 2 is 1.80 bits per heavy atom. The summed E-state index contributed by atoms with van der Waals surface area (Å²) < 4.78 is 23.6. The van der Waals surface area contributed by atoms with Gasteiger partial charge in [0.2, 0.25) is 5.85 Å². The van der Waals surface area contributed by atoms with E-state index in [1.807, 2.05) is 24.3 Å². The second-order valence-corrected chi connectivity index (χ2v) is 13.9. The molecule has 1 amide bonds. The van der Waals surface area contributed by atoms with E-state index in [-0.39, 0.29) is 46.5 Å². The van der Waals surface area contributed by atoms with E-state index in [4.69, 9.17) is 16.3 Å². The lowest BCUT2D eigenvalue weighted by Crippen LogP contribution is -2.68. The maximum atomic E-state index is 15.7. The molecule has 2 N–H and O–H groups in total. The highest BCUT2D eigenvalue weighted by molar-refractivity contribution is 7.17. The molecule has 2 aliphatic heterocycles. The fourth-order valence-electron chi connectivity index (χ4n) is 7.24. The van der Waals surface area contributed by atoms with Crippen LogP contribution in [-0.2, 0) is 20.7 Å². The molecule has 3 aromatic rings. The third-order valence-corrected chi connectivity index (χ3v) is 10.9. The van der Waals surface area contributed by atoms with Crippen molar-refractivity contribution in [1.29, 1.82) is 0 Å². The summed E-state index contributed by atoms with van der Waals surface area (Å²) in [5, 5.41) is 15.0. The van der Waals surface area contributed by atoms with E-state index in [2.05, 4.69) is 22.0 Å². The number of ketones is 1. The molecule has 11 heteroatoms. The van der Waals surface area contributed by atoms with Crippen LogP contribution >= 0.6 is 22.9 Å². The number of amides is 1. The molecule has 3 fully saturated rings. The number of likely N-dealkylation sites (tertiary alicyclic amines) is 2. The number of thiophene rings is 1. The molecule has 0 radical (unpaired) electrons. The third kappa shape index (κ3) is 6.40. The number of hydrogen-bond acceptors (Lipinski definition) is 7. The molecule has 2 atom stereocenters. The van der Waals surface area contributed by atoms with Crippen LogP contribution in [0.15, 0.2) is 41.8 Å². The molecular formula is C34H39ClFN3O5S. The normalized spacial score (nSPS) is 24.1. The van der Waals surface area contributed by atoms with Crippen molar-refractivity contribution in [1.82, 2.24) is 9.80 Å². The fourth-order valence-corrected chi connectivity index (χ4v) is 8.42. The van der Waals surface area contributed by atoms with E-state index >= 15 is 4.39 Å². The van der Waals surface area contributed by atoms with E-state index in [1.165, 1.54) is 23.5 Å². The molecule has 1 unspecified atom stereocenters. The van der Waals surface area contributed by atoms with Gasteiger partial charge in [-0.25, -0.2) is 4.39 Å². The minimum absolute atomic E-state index is 0.0871. The first kappa shape index (κ1) is 32.1. The topological polar surface area (TPSA) is 99.2 Å². The van der Waals surface area contributed by atoms with Crippen molar-refractivity contribution in [2.75, 3.05) is 25.0 Å². The minimum atomic E-state index is -1.38. The van der Waals surface area contributed by atoms with Crippen molar-refractivity contribution < 1.29 is 28.6 Å². The molecular weight excluding hydrogens is 617 g/mol. The maximum absolute atomic E-state index is 15.7. The average Bonchev–Trinajstić information content (AvgIpc) is 3.80. The molecule has 3 aliphatic rings.